The molecule has 0 aromatic heterocycles. The van der Waals surface area contributed by atoms with Crippen LogP contribution in [0.4, 0.5) is 13.4 Å². The van der Waals surface area contributed by atoms with E-state index >= 15 is 0 Å². The van der Waals surface area contributed by atoms with Gasteiger partial charge >= 0.3 is 0 Å². The molecule has 0 heterocycles. The van der Waals surface area contributed by atoms with E-state index in [-0.39, 0.29) is 0 Å². The van der Waals surface area contributed by atoms with Crippen LogP contribution < -0.4 is 5.32 Å². The number of halogens is 3. The Morgan fingerprint density at radius 1 is 1.11 bits per heavy atom. The van der Waals surface area contributed by atoms with Crippen LogP contribution in [0.3, 0.4) is 0 Å². The SMILES string of the molecule is CCNCC.FN(F)F. The predicted molar refractivity (Wildman–Crippen MR) is 29.4 cm³/mol. The van der Waals surface area contributed by atoms with Crippen LogP contribution in [-0.2, 0) is 0 Å². The van der Waals surface area contributed by atoms with Crippen molar-refractivity contribution in [2.75, 3.05) is 13.1 Å². The molecular formula is C4H11F3N2. The Labute approximate surface area is 52.5 Å². The molecule has 0 spiro atoms. The molecule has 58 valence electrons. The van der Waals surface area contributed by atoms with Crippen molar-refractivity contribution in [3.63, 3.8) is 0 Å². The van der Waals surface area contributed by atoms with Gasteiger partial charge in [-0.3, -0.25) is 0 Å². The molecule has 9 heavy (non-hydrogen) atoms. The monoisotopic (exact) mass is 144 g/mol. The average Bonchev–Trinajstić information content (AvgIpc) is 1.66. The third-order valence-electron chi connectivity index (χ3n) is 0.500. The lowest BCUT2D eigenvalue weighted by molar-refractivity contribution is -0.295. The Morgan fingerprint density at radius 3 is 1.33 bits per heavy atom. The van der Waals surface area contributed by atoms with Gasteiger partial charge in [0.2, 0.25) is 0 Å². The fourth-order valence-corrected chi connectivity index (χ4v) is 0.250. The maximum Gasteiger partial charge on any atom is 0.199 e. The molecule has 0 radical (unpaired) electrons. The van der Waals surface area contributed by atoms with Gasteiger partial charge in [0.1, 0.15) is 0 Å². The maximum absolute atomic E-state index is 9.50. The van der Waals surface area contributed by atoms with Gasteiger partial charge in [-0.15, -0.1) is 0 Å². The maximum atomic E-state index is 9.50. The molecule has 0 amide bonds. The first kappa shape index (κ1) is 11.5. The van der Waals surface area contributed by atoms with Gasteiger partial charge in [-0.1, -0.05) is 27.3 Å². The van der Waals surface area contributed by atoms with E-state index in [1.807, 2.05) is 0 Å². The summed E-state index contributed by atoms with van der Waals surface area (Å²) in [6.45, 7) is 6.39. The zero-order valence-electron chi connectivity index (χ0n) is 5.50. The largest absolute Gasteiger partial charge is 0.317 e. The summed E-state index contributed by atoms with van der Waals surface area (Å²) >= 11 is 0. The highest BCUT2D eigenvalue weighted by atomic mass is 19.5. The Balaban J connectivity index is 0. The van der Waals surface area contributed by atoms with Crippen molar-refractivity contribution in [1.82, 2.24) is 10.9 Å². The smallest absolute Gasteiger partial charge is 0.199 e. The predicted octanol–water partition coefficient (Wildman–Crippen LogP) is 1.56. The first-order valence-corrected chi connectivity index (χ1v) is 2.63. The van der Waals surface area contributed by atoms with Gasteiger partial charge in [-0.25, -0.2) is 0 Å². The second-order valence-electron chi connectivity index (χ2n) is 1.15. The Kier molecular flexibility index (Phi) is 13.6. The lowest BCUT2D eigenvalue weighted by Gasteiger charge is -1.86. The summed E-state index contributed by atoms with van der Waals surface area (Å²) in [7, 11) is 0. The van der Waals surface area contributed by atoms with E-state index in [1.54, 1.807) is 0 Å². The van der Waals surface area contributed by atoms with E-state index in [9.17, 15) is 13.4 Å². The third-order valence-corrected chi connectivity index (χ3v) is 0.500. The lowest BCUT2D eigenvalue weighted by atomic mass is 10.7. The molecule has 0 aliphatic heterocycles. The number of rotatable bonds is 2. The zero-order chi connectivity index (χ0) is 7.70. The summed E-state index contributed by atoms with van der Waals surface area (Å²) in [4.78, 5) is 0. The van der Waals surface area contributed by atoms with Crippen LogP contribution >= 0.6 is 0 Å². The quantitative estimate of drug-likeness (QED) is 0.591. The first-order chi connectivity index (χ1) is 4.15. The van der Waals surface area contributed by atoms with E-state index in [0.29, 0.717) is 0 Å². The van der Waals surface area contributed by atoms with E-state index < -0.39 is 5.57 Å². The molecule has 0 saturated carbocycles. The van der Waals surface area contributed by atoms with Crippen molar-refractivity contribution in [3.05, 3.63) is 0 Å². The van der Waals surface area contributed by atoms with Crippen molar-refractivity contribution in [2.24, 2.45) is 0 Å². The summed E-state index contributed by atoms with van der Waals surface area (Å²) in [6.07, 6.45) is 0. The van der Waals surface area contributed by atoms with Crippen molar-refractivity contribution in [3.8, 4) is 0 Å². The molecule has 0 fully saturated rings. The van der Waals surface area contributed by atoms with Crippen molar-refractivity contribution in [1.29, 1.82) is 0 Å². The molecule has 0 rings (SSSR count). The highest BCUT2D eigenvalue weighted by Crippen LogP contribution is 1.82. The molecule has 0 aliphatic rings. The molecule has 5 heteroatoms. The normalized spacial score (nSPS) is 8.67. The molecule has 1 N–H and O–H groups in total. The Bertz CT molecular complexity index is 38.0. The molecule has 2 nitrogen and oxygen atoms in total. The summed E-state index contributed by atoms with van der Waals surface area (Å²) in [5.41, 5.74) is -2.50. The Morgan fingerprint density at radius 2 is 1.33 bits per heavy atom. The molecule has 0 unspecified atom stereocenters. The first-order valence-electron chi connectivity index (χ1n) is 2.63. The van der Waals surface area contributed by atoms with E-state index in [4.69, 9.17) is 0 Å². The molecule has 0 atom stereocenters. The summed E-state index contributed by atoms with van der Waals surface area (Å²) in [5.74, 6) is 0. The van der Waals surface area contributed by atoms with Gasteiger partial charge in [-0.05, 0) is 13.1 Å². The minimum atomic E-state index is -2.50. The highest BCUT2D eigenvalue weighted by Gasteiger charge is 1.80. The third kappa shape index (κ3) is 86.0. The van der Waals surface area contributed by atoms with Crippen LogP contribution in [0, 0.1) is 0 Å². The van der Waals surface area contributed by atoms with Crippen LogP contribution in [-0.4, -0.2) is 18.7 Å². The van der Waals surface area contributed by atoms with Gasteiger partial charge in [0.25, 0.3) is 0 Å². The molecular weight excluding hydrogens is 133 g/mol. The molecule has 0 saturated heterocycles. The van der Waals surface area contributed by atoms with Crippen LogP contribution in [0.5, 0.6) is 0 Å². The van der Waals surface area contributed by atoms with Gasteiger partial charge < -0.3 is 5.32 Å². The van der Waals surface area contributed by atoms with Gasteiger partial charge in [0, 0.05) is 0 Å². The lowest BCUT2D eigenvalue weighted by Crippen LogP contribution is -2.09. The summed E-state index contributed by atoms with van der Waals surface area (Å²) in [6, 6.07) is 0. The Hall–Kier alpha value is -0.290. The second kappa shape index (κ2) is 10.6. The van der Waals surface area contributed by atoms with E-state index in [1.165, 1.54) is 0 Å². The zero-order valence-corrected chi connectivity index (χ0v) is 5.50. The van der Waals surface area contributed by atoms with Gasteiger partial charge in [0.15, 0.2) is 5.57 Å². The van der Waals surface area contributed by atoms with Crippen molar-refractivity contribution < 1.29 is 13.4 Å². The van der Waals surface area contributed by atoms with Crippen LogP contribution in [0.15, 0.2) is 0 Å². The van der Waals surface area contributed by atoms with Crippen molar-refractivity contribution in [2.45, 2.75) is 13.8 Å². The van der Waals surface area contributed by atoms with E-state index in [2.05, 4.69) is 19.2 Å². The number of hydrogen-bond acceptors (Lipinski definition) is 2. The van der Waals surface area contributed by atoms with Crippen LogP contribution in [0.1, 0.15) is 13.8 Å². The number of nitrogens with zero attached hydrogens (tertiary/aromatic N) is 1. The summed E-state index contributed by atoms with van der Waals surface area (Å²) in [5, 5.41) is 3.11. The highest BCUT2D eigenvalue weighted by molar-refractivity contribution is 4.27. The second-order valence-corrected chi connectivity index (χ2v) is 1.15. The van der Waals surface area contributed by atoms with Crippen molar-refractivity contribution >= 4 is 0 Å². The average molecular weight is 144 g/mol. The fraction of sp³-hybridized carbons (Fsp3) is 1.00. The number of nitrogens with one attached hydrogen (secondary N) is 1. The van der Waals surface area contributed by atoms with Gasteiger partial charge in [-0.2, -0.15) is 0 Å². The van der Waals surface area contributed by atoms with Crippen LogP contribution in [0.2, 0.25) is 0 Å². The van der Waals surface area contributed by atoms with Gasteiger partial charge in [0.05, 0.1) is 0 Å². The topological polar surface area (TPSA) is 15.3 Å². The fourth-order valence-electron chi connectivity index (χ4n) is 0.250. The molecule has 0 bridgehead atoms. The molecule has 0 aliphatic carbocycles. The molecule has 0 aromatic rings. The van der Waals surface area contributed by atoms with Crippen LogP contribution in [0.25, 0.3) is 0 Å². The number of hydrogen-bond donors (Lipinski definition) is 1. The van der Waals surface area contributed by atoms with E-state index in [0.717, 1.165) is 13.1 Å². The summed E-state index contributed by atoms with van der Waals surface area (Å²) < 4.78 is 28.5. The minimum absolute atomic E-state index is 1.09. The standard InChI is InChI=1S/C4H11N.F3N/c1-3-5-4-2;1-4(2)3/h5H,3-4H2,1-2H3;. The molecule has 0 aromatic carbocycles. The minimum Gasteiger partial charge on any atom is -0.317 e.